The van der Waals surface area contributed by atoms with Crippen molar-refractivity contribution in [3.05, 3.63) is 29.3 Å². The van der Waals surface area contributed by atoms with Gasteiger partial charge in [0, 0.05) is 0 Å². The van der Waals surface area contributed by atoms with Crippen LogP contribution in [0.5, 0.6) is 0 Å². The molecule has 2 atom stereocenters. The fourth-order valence-corrected chi connectivity index (χ4v) is 5.55. The molecular formula is C12H10N2O4Se. The molecule has 3 amide bonds. The monoisotopic (exact) mass is 326 g/mol. The molecule has 19 heavy (non-hydrogen) atoms. The van der Waals surface area contributed by atoms with Crippen molar-refractivity contribution in [2.75, 3.05) is 0 Å². The van der Waals surface area contributed by atoms with Crippen molar-refractivity contribution >= 4 is 36.2 Å². The van der Waals surface area contributed by atoms with Gasteiger partial charge in [0.05, 0.1) is 0 Å². The van der Waals surface area contributed by atoms with Gasteiger partial charge in [-0.15, -0.1) is 0 Å². The van der Waals surface area contributed by atoms with Crippen molar-refractivity contribution in [2.45, 2.75) is 19.4 Å². The first-order valence-electron chi connectivity index (χ1n) is 5.69. The molecule has 3 rings (SSSR count). The van der Waals surface area contributed by atoms with E-state index in [1.165, 1.54) is 0 Å². The van der Waals surface area contributed by atoms with Crippen LogP contribution in [-0.2, 0) is 13.4 Å². The topological polar surface area (TPSA) is 83.6 Å². The van der Waals surface area contributed by atoms with Gasteiger partial charge in [-0.2, -0.15) is 0 Å². The van der Waals surface area contributed by atoms with Gasteiger partial charge in [0.1, 0.15) is 0 Å². The molecule has 98 valence electrons. The Morgan fingerprint density at radius 1 is 1.32 bits per heavy atom. The molecule has 2 aliphatic heterocycles. The number of nitrogens with zero attached hydrogens (tertiary/aromatic N) is 1. The fourth-order valence-electron chi connectivity index (χ4n) is 2.33. The predicted octanol–water partition coefficient (Wildman–Crippen LogP) is -1.01. The average molecular weight is 325 g/mol. The number of imide groups is 1. The molecule has 0 radical (unpaired) electrons. The third-order valence-electron chi connectivity index (χ3n) is 3.22. The summed E-state index contributed by atoms with van der Waals surface area (Å²) in [6.07, 6.45) is -0.111. The quantitative estimate of drug-likeness (QED) is 0.530. The third kappa shape index (κ3) is 1.66. The van der Waals surface area contributed by atoms with Crippen LogP contribution < -0.4 is 9.78 Å². The summed E-state index contributed by atoms with van der Waals surface area (Å²) in [7, 11) is 0. The summed E-state index contributed by atoms with van der Waals surface area (Å²) in [6.45, 7) is 1.78. The van der Waals surface area contributed by atoms with Crippen molar-refractivity contribution in [1.82, 2.24) is 9.23 Å². The van der Waals surface area contributed by atoms with Crippen LogP contribution in [0.2, 0.25) is 0 Å². The number of nitrogens with one attached hydrogen (secondary N) is 1. The molecule has 1 fully saturated rings. The van der Waals surface area contributed by atoms with Crippen LogP contribution in [0.25, 0.3) is 0 Å². The Labute approximate surface area is 113 Å². The molecule has 0 aromatic heterocycles. The minimum absolute atomic E-state index is 0.111. The molecule has 1 saturated heterocycles. The Bertz CT molecular complexity index is 655. The predicted molar refractivity (Wildman–Crippen MR) is 65.0 cm³/mol. The molecule has 1 N–H and O–H groups in total. The minimum atomic E-state index is -2.80. The summed E-state index contributed by atoms with van der Waals surface area (Å²) in [6, 6.07) is 4.17. The Morgan fingerprint density at radius 3 is 2.63 bits per heavy atom. The second-order valence-electron chi connectivity index (χ2n) is 4.46. The van der Waals surface area contributed by atoms with Crippen LogP contribution in [-0.4, -0.2) is 41.7 Å². The Kier molecular flexibility index (Phi) is 2.62. The van der Waals surface area contributed by atoms with E-state index in [4.69, 9.17) is 0 Å². The number of carbonyl (C=O) groups is 3. The zero-order valence-corrected chi connectivity index (χ0v) is 11.7. The fraction of sp³-hybridized carbons (Fsp3) is 0.250. The van der Waals surface area contributed by atoms with Crippen molar-refractivity contribution < 1.29 is 18.2 Å². The summed E-state index contributed by atoms with van der Waals surface area (Å²) in [4.78, 5) is 35.1. The van der Waals surface area contributed by atoms with Crippen LogP contribution >= 0.6 is 0 Å². The van der Waals surface area contributed by atoms with Crippen LogP contribution in [0.3, 0.4) is 0 Å². The molecule has 2 unspecified atom stereocenters. The van der Waals surface area contributed by atoms with Crippen molar-refractivity contribution in [2.24, 2.45) is 0 Å². The Morgan fingerprint density at radius 2 is 2.05 bits per heavy atom. The van der Waals surface area contributed by atoms with Crippen LogP contribution in [0, 0.1) is 6.92 Å². The van der Waals surface area contributed by atoms with Gasteiger partial charge in [-0.1, -0.05) is 0 Å². The van der Waals surface area contributed by atoms with E-state index in [0.717, 1.165) is 9.48 Å². The molecule has 2 heterocycles. The molecule has 1 aromatic carbocycles. The average Bonchev–Trinajstić information content (AvgIpc) is 2.79. The van der Waals surface area contributed by atoms with E-state index in [1.54, 1.807) is 25.1 Å². The molecular weight excluding hydrogens is 315 g/mol. The zero-order valence-electron chi connectivity index (χ0n) is 10.0. The Hall–Kier alpha value is -1.85. The molecule has 0 saturated carbocycles. The number of amides is 3. The number of hydrogen-bond donors (Lipinski definition) is 1. The molecule has 2 aliphatic rings. The van der Waals surface area contributed by atoms with Gasteiger partial charge in [-0.25, -0.2) is 0 Å². The van der Waals surface area contributed by atoms with Gasteiger partial charge in [-0.3, -0.25) is 0 Å². The molecule has 0 aliphatic carbocycles. The van der Waals surface area contributed by atoms with E-state index >= 15 is 0 Å². The van der Waals surface area contributed by atoms with Crippen molar-refractivity contribution in [1.29, 1.82) is 0 Å². The number of benzene rings is 1. The van der Waals surface area contributed by atoms with Gasteiger partial charge in [0.2, 0.25) is 0 Å². The van der Waals surface area contributed by atoms with E-state index in [0.29, 0.717) is 10.0 Å². The summed E-state index contributed by atoms with van der Waals surface area (Å²) < 4.78 is 14.1. The number of hydrogen-bond acceptors (Lipinski definition) is 4. The van der Waals surface area contributed by atoms with E-state index < -0.39 is 37.8 Å². The Balaban J connectivity index is 2.06. The summed E-state index contributed by atoms with van der Waals surface area (Å²) in [5.41, 5.74) is 1.16. The first-order valence-corrected chi connectivity index (χ1v) is 8.01. The van der Waals surface area contributed by atoms with Gasteiger partial charge in [0.25, 0.3) is 0 Å². The van der Waals surface area contributed by atoms with Gasteiger partial charge < -0.3 is 0 Å². The summed E-state index contributed by atoms with van der Waals surface area (Å²) in [5.74, 6) is -1.41. The van der Waals surface area contributed by atoms with Gasteiger partial charge >= 0.3 is 112 Å². The molecule has 0 bridgehead atoms. The zero-order chi connectivity index (χ0) is 13.7. The summed E-state index contributed by atoms with van der Waals surface area (Å²) >= 11 is -2.80. The van der Waals surface area contributed by atoms with E-state index in [1.807, 2.05) is 0 Å². The van der Waals surface area contributed by atoms with E-state index in [-0.39, 0.29) is 6.42 Å². The van der Waals surface area contributed by atoms with Crippen molar-refractivity contribution in [3.8, 4) is 0 Å². The maximum absolute atomic E-state index is 12.5. The SMILES string of the molecule is Cc1cccc2c1[Se](=O)N(C1CC(=O)NC1=O)C2=O. The molecule has 6 nitrogen and oxygen atoms in total. The molecule has 7 heteroatoms. The number of fused-ring (bicyclic) bond motifs is 1. The second-order valence-corrected chi connectivity index (χ2v) is 7.19. The van der Waals surface area contributed by atoms with Gasteiger partial charge in [-0.05, 0) is 0 Å². The first-order chi connectivity index (χ1) is 9.00. The van der Waals surface area contributed by atoms with E-state index in [2.05, 4.69) is 5.32 Å². The standard InChI is InChI=1S/C12H10N2O4Se/c1-6-3-2-4-7-10(6)19(18)14(12(7)17)8-5-9(15)13-11(8)16/h2-4,8H,5H2,1H3,(H,13,15,16). The van der Waals surface area contributed by atoms with Crippen LogP contribution in [0.1, 0.15) is 22.3 Å². The molecule has 0 spiro atoms. The van der Waals surface area contributed by atoms with E-state index in [9.17, 15) is 18.2 Å². The van der Waals surface area contributed by atoms with Crippen molar-refractivity contribution in [3.63, 3.8) is 0 Å². The normalized spacial score (nSPS) is 25.7. The van der Waals surface area contributed by atoms with Crippen LogP contribution in [0.15, 0.2) is 18.2 Å². The summed E-state index contributed by atoms with van der Waals surface area (Å²) in [5, 5.41) is 2.14. The number of carbonyl (C=O) groups excluding carboxylic acids is 3. The second kappa shape index (κ2) is 4.08. The number of aryl methyl sites for hydroxylation is 1. The van der Waals surface area contributed by atoms with Crippen LogP contribution in [0.4, 0.5) is 0 Å². The molecule has 1 aromatic rings. The third-order valence-corrected chi connectivity index (χ3v) is 6.72. The number of rotatable bonds is 1. The maximum atomic E-state index is 12.5. The first kappa shape index (κ1) is 12.2. The van der Waals surface area contributed by atoms with Gasteiger partial charge in [0.15, 0.2) is 0 Å².